The number of rotatable bonds is 3. The smallest absolute Gasteiger partial charge is 0.193 e. The number of benzene rings is 1. The van der Waals surface area contributed by atoms with Crippen LogP contribution in [0.4, 0.5) is 0 Å². The van der Waals surface area contributed by atoms with Crippen molar-refractivity contribution in [2.45, 2.75) is 19.8 Å². The van der Waals surface area contributed by atoms with Gasteiger partial charge < -0.3 is 0 Å². The number of halogens is 1. The lowest BCUT2D eigenvalue weighted by Gasteiger charge is -2.17. The molecule has 0 N–H and O–H groups in total. The molecule has 14 heavy (non-hydrogen) atoms. The molecule has 1 atom stereocenters. The molecule has 1 unspecified atom stereocenters. The Bertz CT molecular complexity index is 336. The Balaban J connectivity index is 3.05. The van der Waals surface area contributed by atoms with E-state index in [-0.39, 0.29) is 17.0 Å². The van der Waals surface area contributed by atoms with E-state index in [0.717, 1.165) is 5.56 Å². The Morgan fingerprint density at radius 3 is 2.50 bits per heavy atom. The maximum Gasteiger partial charge on any atom is 0.193 e. The van der Waals surface area contributed by atoms with Crippen molar-refractivity contribution in [1.82, 2.24) is 0 Å². The van der Waals surface area contributed by atoms with Crippen LogP contribution >= 0.6 is 24.2 Å². The van der Waals surface area contributed by atoms with Crippen molar-refractivity contribution in [3.05, 3.63) is 34.9 Å². The highest BCUT2D eigenvalue weighted by atomic mass is 35.5. The minimum absolute atomic E-state index is 0.109. The van der Waals surface area contributed by atoms with Crippen LogP contribution in [0.1, 0.15) is 25.3 Å². The van der Waals surface area contributed by atoms with Crippen molar-refractivity contribution in [3.63, 3.8) is 0 Å². The third-order valence-electron chi connectivity index (χ3n) is 2.14. The van der Waals surface area contributed by atoms with E-state index in [2.05, 4.69) is 12.6 Å². The lowest BCUT2D eigenvalue weighted by Crippen LogP contribution is -2.13. The summed E-state index contributed by atoms with van der Waals surface area (Å²) in [5.74, 6) is 0.0653. The Hall–Kier alpha value is -0.470. The minimum atomic E-state index is -0.169. The van der Waals surface area contributed by atoms with Crippen molar-refractivity contribution in [3.8, 4) is 0 Å². The fraction of sp³-hybridized carbons (Fsp3) is 0.364. The molecule has 1 nitrogen and oxygen atoms in total. The Labute approximate surface area is 94.9 Å². The predicted molar refractivity (Wildman–Crippen MR) is 63.0 cm³/mol. The monoisotopic (exact) mass is 228 g/mol. The maximum absolute atomic E-state index is 11.3. The van der Waals surface area contributed by atoms with Gasteiger partial charge in [0.05, 0.1) is 5.92 Å². The molecule has 0 bridgehead atoms. The third kappa shape index (κ3) is 2.76. The summed E-state index contributed by atoms with van der Waals surface area (Å²) < 4.78 is 0. The van der Waals surface area contributed by atoms with E-state index in [1.54, 1.807) is 6.07 Å². The van der Waals surface area contributed by atoms with E-state index < -0.39 is 0 Å². The van der Waals surface area contributed by atoms with E-state index in [0.29, 0.717) is 5.02 Å². The number of carbonyl (C=O) groups is 1. The van der Waals surface area contributed by atoms with Gasteiger partial charge in [-0.25, -0.2) is 0 Å². The summed E-state index contributed by atoms with van der Waals surface area (Å²) in [6.45, 7) is 4.00. The van der Waals surface area contributed by atoms with Gasteiger partial charge in [-0.3, -0.25) is 4.79 Å². The first kappa shape index (κ1) is 11.6. The average Bonchev–Trinajstić information content (AvgIpc) is 2.02. The van der Waals surface area contributed by atoms with E-state index >= 15 is 0 Å². The summed E-state index contributed by atoms with van der Waals surface area (Å²) in [4.78, 5) is 11.3. The summed E-state index contributed by atoms with van der Waals surface area (Å²) in [5, 5.41) is 0.546. The van der Waals surface area contributed by atoms with Gasteiger partial charge in [-0.05, 0) is 23.6 Å². The molecule has 1 rings (SSSR count). The first-order valence-corrected chi connectivity index (χ1v) is 5.33. The van der Waals surface area contributed by atoms with Gasteiger partial charge in [0, 0.05) is 5.02 Å². The third-order valence-corrected chi connectivity index (χ3v) is 2.65. The van der Waals surface area contributed by atoms with Gasteiger partial charge in [0.15, 0.2) is 5.12 Å². The Morgan fingerprint density at radius 2 is 2.07 bits per heavy atom. The highest BCUT2D eigenvalue weighted by Gasteiger charge is 2.21. The molecule has 0 aromatic heterocycles. The van der Waals surface area contributed by atoms with Gasteiger partial charge in [0.25, 0.3) is 0 Å². The Kier molecular flexibility index (Phi) is 4.02. The fourth-order valence-corrected chi connectivity index (χ4v) is 2.16. The zero-order valence-electron chi connectivity index (χ0n) is 8.20. The van der Waals surface area contributed by atoms with E-state index in [1.165, 1.54) is 0 Å². The van der Waals surface area contributed by atoms with Crippen LogP contribution in [0.2, 0.25) is 5.02 Å². The van der Waals surface area contributed by atoms with Gasteiger partial charge in [0.1, 0.15) is 0 Å². The van der Waals surface area contributed by atoms with E-state index in [1.807, 2.05) is 32.0 Å². The molecule has 1 aromatic rings. The number of thiol groups is 1. The topological polar surface area (TPSA) is 17.1 Å². The molecule has 0 heterocycles. The second kappa shape index (κ2) is 4.85. The normalized spacial score (nSPS) is 12.9. The molecule has 0 spiro atoms. The number of carbonyl (C=O) groups excluding carboxylic acids is 1. The molecule has 76 valence electrons. The lowest BCUT2D eigenvalue weighted by molar-refractivity contribution is -0.112. The fourth-order valence-electron chi connectivity index (χ4n) is 1.51. The van der Waals surface area contributed by atoms with E-state index in [4.69, 9.17) is 11.6 Å². The van der Waals surface area contributed by atoms with Crippen LogP contribution in [0.5, 0.6) is 0 Å². The van der Waals surface area contributed by atoms with Crippen LogP contribution in [0.3, 0.4) is 0 Å². The molecule has 0 aliphatic carbocycles. The van der Waals surface area contributed by atoms with Gasteiger partial charge in [0.2, 0.25) is 0 Å². The van der Waals surface area contributed by atoms with Crippen LogP contribution in [0.25, 0.3) is 0 Å². The summed E-state index contributed by atoms with van der Waals surface area (Å²) in [6.07, 6.45) is 0. The Morgan fingerprint density at radius 1 is 1.43 bits per heavy atom. The largest absolute Gasteiger partial charge is 0.287 e. The quantitative estimate of drug-likeness (QED) is 0.784. The van der Waals surface area contributed by atoms with Crippen LogP contribution in [0, 0.1) is 5.92 Å². The van der Waals surface area contributed by atoms with Gasteiger partial charge in [-0.15, -0.1) is 12.6 Å². The van der Waals surface area contributed by atoms with Crippen molar-refractivity contribution >= 4 is 29.3 Å². The summed E-state index contributed by atoms with van der Waals surface area (Å²) in [6, 6.07) is 7.38. The molecule has 1 aromatic carbocycles. The summed E-state index contributed by atoms with van der Waals surface area (Å²) in [7, 11) is 0. The van der Waals surface area contributed by atoms with Crippen molar-refractivity contribution in [2.24, 2.45) is 5.92 Å². The summed E-state index contributed by atoms with van der Waals surface area (Å²) in [5.41, 5.74) is 0.938. The van der Waals surface area contributed by atoms with Crippen LogP contribution < -0.4 is 0 Å². The SMILES string of the molecule is CC(C)C(C(=O)S)c1cccc(Cl)c1. The molecule has 0 radical (unpaired) electrons. The molecular formula is C11H13ClOS. The highest BCUT2D eigenvalue weighted by Crippen LogP contribution is 2.28. The molecular weight excluding hydrogens is 216 g/mol. The van der Waals surface area contributed by atoms with E-state index in [9.17, 15) is 4.79 Å². The molecule has 0 aliphatic heterocycles. The highest BCUT2D eigenvalue weighted by molar-refractivity contribution is 7.96. The van der Waals surface area contributed by atoms with Crippen molar-refractivity contribution < 1.29 is 4.79 Å². The average molecular weight is 229 g/mol. The van der Waals surface area contributed by atoms with Gasteiger partial charge in [-0.2, -0.15) is 0 Å². The molecule has 0 saturated carbocycles. The predicted octanol–water partition coefficient (Wildman–Crippen LogP) is 3.54. The maximum atomic E-state index is 11.3. The number of hydrogen-bond acceptors (Lipinski definition) is 1. The summed E-state index contributed by atoms with van der Waals surface area (Å²) >= 11 is 9.76. The number of hydrogen-bond donors (Lipinski definition) is 1. The second-order valence-electron chi connectivity index (χ2n) is 3.61. The first-order chi connectivity index (χ1) is 6.52. The standard InChI is InChI=1S/C11H13ClOS/c1-7(2)10(11(13)14)8-4-3-5-9(12)6-8/h3-7,10H,1-2H3,(H,13,14). The van der Waals surface area contributed by atoms with Crippen molar-refractivity contribution in [2.75, 3.05) is 0 Å². The zero-order chi connectivity index (χ0) is 10.7. The molecule has 0 aliphatic rings. The molecule has 0 amide bonds. The molecule has 0 saturated heterocycles. The van der Waals surface area contributed by atoms with Crippen molar-refractivity contribution in [1.29, 1.82) is 0 Å². The van der Waals surface area contributed by atoms with Crippen LogP contribution in [0.15, 0.2) is 24.3 Å². The first-order valence-electron chi connectivity index (χ1n) is 4.50. The van der Waals surface area contributed by atoms with Crippen LogP contribution in [-0.4, -0.2) is 5.12 Å². The molecule has 0 fully saturated rings. The zero-order valence-corrected chi connectivity index (χ0v) is 9.85. The van der Waals surface area contributed by atoms with Gasteiger partial charge in [-0.1, -0.05) is 37.6 Å². The van der Waals surface area contributed by atoms with Gasteiger partial charge >= 0.3 is 0 Å². The van der Waals surface area contributed by atoms with Crippen LogP contribution in [-0.2, 0) is 4.79 Å². The second-order valence-corrected chi connectivity index (χ2v) is 4.49. The lowest BCUT2D eigenvalue weighted by atomic mass is 9.90. The minimum Gasteiger partial charge on any atom is -0.287 e. The molecule has 3 heteroatoms.